The highest BCUT2D eigenvalue weighted by molar-refractivity contribution is 7.91. The van der Waals surface area contributed by atoms with Crippen molar-refractivity contribution < 1.29 is 18.0 Å². The van der Waals surface area contributed by atoms with Gasteiger partial charge in [0.2, 0.25) is 5.91 Å². The van der Waals surface area contributed by atoms with Gasteiger partial charge in [-0.1, -0.05) is 26.2 Å². The Morgan fingerprint density at radius 2 is 1.74 bits per heavy atom. The van der Waals surface area contributed by atoms with E-state index < -0.39 is 9.84 Å². The number of benzene rings is 1. The van der Waals surface area contributed by atoms with Gasteiger partial charge in [-0.15, -0.1) is 0 Å². The van der Waals surface area contributed by atoms with Crippen molar-refractivity contribution in [3.8, 4) is 0 Å². The zero-order valence-corrected chi connectivity index (χ0v) is 16.6. The number of carbonyl (C=O) groups is 2. The molecule has 1 aromatic carbocycles. The van der Waals surface area contributed by atoms with Gasteiger partial charge in [-0.25, -0.2) is 8.42 Å². The molecule has 2 aliphatic rings. The fraction of sp³-hybridized carbons (Fsp3) is 0.600. The highest BCUT2D eigenvalue weighted by atomic mass is 32.2. The molecule has 0 bridgehead atoms. The van der Waals surface area contributed by atoms with Crippen molar-refractivity contribution in [2.75, 3.05) is 18.8 Å². The second kappa shape index (κ2) is 8.42. The second-order valence-corrected chi connectivity index (χ2v) is 9.78. The van der Waals surface area contributed by atoms with Gasteiger partial charge in [-0.2, -0.15) is 0 Å². The first kappa shape index (κ1) is 19.9. The fourth-order valence-corrected chi connectivity index (χ4v) is 4.82. The molecular weight excluding hydrogens is 364 g/mol. The topological polar surface area (TPSA) is 83.6 Å². The largest absolute Gasteiger partial charge is 0.347 e. The molecule has 148 valence electrons. The first-order valence-electron chi connectivity index (χ1n) is 9.83. The molecule has 1 aliphatic heterocycles. The fourth-order valence-electron chi connectivity index (χ4n) is 3.94. The van der Waals surface area contributed by atoms with Crippen LogP contribution in [0.1, 0.15) is 55.8 Å². The van der Waals surface area contributed by atoms with E-state index in [9.17, 15) is 18.0 Å². The third kappa shape index (κ3) is 4.69. The van der Waals surface area contributed by atoms with Gasteiger partial charge in [0.1, 0.15) is 0 Å². The number of nitrogens with one attached hydrogen (secondary N) is 1. The van der Waals surface area contributed by atoms with E-state index in [1.165, 1.54) is 30.7 Å². The summed E-state index contributed by atoms with van der Waals surface area (Å²) in [6, 6.07) is 5.97. The summed E-state index contributed by atoms with van der Waals surface area (Å²) in [5.74, 6) is 0.195. The second-order valence-electron chi connectivity index (χ2n) is 7.51. The van der Waals surface area contributed by atoms with Crippen molar-refractivity contribution >= 4 is 21.7 Å². The van der Waals surface area contributed by atoms with Crippen LogP contribution in [0.5, 0.6) is 0 Å². The van der Waals surface area contributed by atoms with Crippen molar-refractivity contribution in [1.82, 2.24) is 10.2 Å². The summed E-state index contributed by atoms with van der Waals surface area (Å²) in [5.41, 5.74) is 0.433. The van der Waals surface area contributed by atoms with Crippen LogP contribution in [0.15, 0.2) is 29.2 Å². The number of hydrogen-bond donors (Lipinski definition) is 1. The number of carbonyl (C=O) groups excluding carboxylic acids is 2. The Morgan fingerprint density at radius 1 is 1.07 bits per heavy atom. The maximum atomic E-state index is 12.6. The predicted molar refractivity (Wildman–Crippen MR) is 103 cm³/mol. The van der Waals surface area contributed by atoms with Crippen LogP contribution >= 0.6 is 0 Å². The predicted octanol–water partition coefficient (Wildman–Crippen LogP) is 2.39. The Morgan fingerprint density at radius 3 is 2.37 bits per heavy atom. The van der Waals surface area contributed by atoms with E-state index in [1.54, 1.807) is 6.92 Å². The number of likely N-dealkylation sites (tertiary alicyclic amines) is 1. The Balaban J connectivity index is 1.55. The zero-order valence-electron chi connectivity index (χ0n) is 15.8. The van der Waals surface area contributed by atoms with Crippen LogP contribution in [0, 0.1) is 5.92 Å². The molecule has 1 saturated carbocycles. The van der Waals surface area contributed by atoms with Crippen LogP contribution in [0.3, 0.4) is 0 Å². The molecule has 1 aliphatic carbocycles. The van der Waals surface area contributed by atoms with Crippen LogP contribution in [-0.4, -0.2) is 50.0 Å². The standard InChI is InChI=1S/C20H28N2O4S/c1-2-27(25,26)18-10-8-15(9-11-18)19(23)21-17-12-13-22(14-17)20(24)16-6-4-3-5-7-16/h8-11,16-17H,2-7,12-14H2,1H3,(H,21,23). The van der Waals surface area contributed by atoms with Gasteiger partial charge in [0, 0.05) is 30.6 Å². The van der Waals surface area contributed by atoms with E-state index in [-0.39, 0.29) is 34.4 Å². The summed E-state index contributed by atoms with van der Waals surface area (Å²) in [7, 11) is -3.27. The molecule has 0 spiro atoms. The Hall–Kier alpha value is -1.89. The molecule has 6 nitrogen and oxygen atoms in total. The molecule has 1 saturated heterocycles. The van der Waals surface area contributed by atoms with Gasteiger partial charge in [-0.05, 0) is 43.5 Å². The molecule has 2 amide bonds. The lowest BCUT2D eigenvalue weighted by atomic mass is 9.88. The smallest absolute Gasteiger partial charge is 0.251 e. The normalized spacial score (nSPS) is 21.2. The lowest BCUT2D eigenvalue weighted by Gasteiger charge is -2.26. The minimum atomic E-state index is -3.27. The molecule has 1 aromatic rings. The molecule has 3 rings (SSSR count). The number of rotatable bonds is 5. The first-order chi connectivity index (χ1) is 12.9. The number of sulfone groups is 1. The average molecular weight is 393 g/mol. The van der Waals surface area contributed by atoms with Crippen molar-refractivity contribution in [3.63, 3.8) is 0 Å². The minimum absolute atomic E-state index is 0.0332. The van der Waals surface area contributed by atoms with E-state index >= 15 is 0 Å². The molecule has 1 N–H and O–H groups in total. The van der Waals surface area contributed by atoms with Crippen LogP contribution in [0.25, 0.3) is 0 Å². The zero-order chi connectivity index (χ0) is 19.4. The summed E-state index contributed by atoms with van der Waals surface area (Å²) in [6.07, 6.45) is 6.22. The molecule has 1 heterocycles. The highest BCUT2D eigenvalue weighted by Crippen LogP contribution is 2.26. The van der Waals surface area contributed by atoms with E-state index in [0.717, 1.165) is 32.1 Å². The number of hydrogen-bond acceptors (Lipinski definition) is 4. The molecular formula is C20H28N2O4S. The molecule has 1 atom stereocenters. The maximum absolute atomic E-state index is 12.6. The summed E-state index contributed by atoms with van der Waals surface area (Å²) >= 11 is 0. The minimum Gasteiger partial charge on any atom is -0.347 e. The SMILES string of the molecule is CCS(=O)(=O)c1ccc(C(=O)NC2CCN(C(=O)C3CCCCC3)C2)cc1. The van der Waals surface area contributed by atoms with Crippen molar-refractivity contribution in [1.29, 1.82) is 0 Å². The van der Waals surface area contributed by atoms with E-state index in [2.05, 4.69) is 5.32 Å². The molecule has 0 radical (unpaired) electrons. The monoisotopic (exact) mass is 392 g/mol. The maximum Gasteiger partial charge on any atom is 0.251 e. The van der Waals surface area contributed by atoms with E-state index in [4.69, 9.17) is 0 Å². The van der Waals surface area contributed by atoms with Crippen LogP contribution in [-0.2, 0) is 14.6 Å². The number of amides is 2. The van der Waals surface area contributed by atoms with Gasteiger partial charge in [0.25, 0.3) is 5.91 Å². The lowest BCUT2D eigenvalue weighted by molar-refractivity contribution is -0.135. The van der Waals surface area contributed by atoms with Crippen molar-refractivity contribution in [2.45, 2.75) is 56.4 Å². The quantitative estimate of drug-likeness (QED) is 0.834. The van der Waals surface area contributed by atoms with Gasteiger partial charge >= 0.3 is 0 Å². The summed E-state index contributed by atoms with van der Waals surface area (Å²) in [5, 5.41) is 2.97. The third-order valence-corrected chi connectivity index (χ3v) is 7.40. The molecule has 1 unspecified atom stereocenters. The summed E-state index contributed by atoms with van der Waals surface area (Å²) in [6.45, 7) is 2.84. The first-order valence-corrected chi connectivity index (χ1v) is 11.5. The summed E-state index contributed by atoms with van der Waals surface area (Å²) < 4.78 is 23.7. The van der Waals surface area contributed by atoms with Crippen molar-refractivity contribution in [3.05, 3.63) is 29.8 Å². The highest BCUT2D eigenvalue weighted by Gasteiger charge is 2.32. The molecule has 27 heavy (non-hydrogen) atoms. The van der Waals surface area contributed by atoms with Gasteiger partial charge < -0.3 is 10.2 Å². The van der Waals surface area contributed by atoms with Crippen LogP contribution in [0.2, 0.25) is 0 Å². The molecule has 0 aromatic heterocycles. The Bertz CT molecular complexity index is 783. The Labute approximate surface area is 161 Å². The number of nitrogens with zero attached hydrogens (tertiary/aromatic N) is 1. The van der Waals surface area contributed by atoms with Crippen LogP contribution < -0.4 is 5.32 Å². The van der Waals surface area contributed by atoms with Crippen LogP contribution in [0.4, 0.5) is 0 Å². The summed E-state index contributed by atoms with van der Waals surface area (Å²) in [4.78, 5) is 27.2. The van der Waals surface area contributed by atoms with Crippen molar-refractivity contribution in [2.24, 2.45) is 5.92 Å². The van der Waals surface area contributed by atoms with E-state index in [1.807, 2.05) is 4.90 Å². The Kier molecular flexibility index (Phi) is 6.19. The van der Waals surface area contributed by atoms with E-state index in [0.29, 0.717) is 18.7 Å². The molecule has 2 fully saturated rings. The van der Waals surface area contributed by atoms with Gasteiger partial charge in [0.15, 0.2) is 9.84 Å². The average Bonchev–Trinajstić information content (AvgIpc) is 3.16. The van der Waals surface area contributed by atoms with Gasteiger partial charge in [-0.3, -0.25) is 9.59 Å². The van der Waals surface area contributed by atoms with Gasteiger partial charge in [0.05, 0.1) is 10.6 Å². The molecule has 7 heteroatoms. The third-order valence-electron chi connectivity index (χ3n) is 5.65. The lowest BCUT2D eigenvalue weighted by Crippen LogP contribution is -2.40.